The number of nitrogen functional groups attached to an aromatic ring is 1. The van der Waals surface area contributed by atoms with Crippen molar-refractivity contribution in [1.82, 2.24) is 19.9 Å². The van der Waals surface area contributed by atoms with Gasteiger partial charge >= 0.3 is 0 Å². The standard InChI is InChI=1S/C16H27N5/c1-11-13(9-7-5-6-8-10-21(3)4)14-15(18-11)16(17)20-12(2)19-14/h18H,5-10H2,1-4H3,(H2,17,19,20). The first kappa shape index (κ1) is 15.8. The van der Waals surface area contributed by atoms with Gasteiger partial charge < -0.3 is 15.6 Å². The highest BCUT2D eigenvalue weighted by Crippen LogP contribution is 2.25. The minimum Gasteiger partial charge on any atom is -0.382 e. The predicted molar refractivity (Wildman–Crippen MR) is 88.5 cm³/mol. The molecule has 2 aromatic heterocycles. The van der Waals surface area contributed by atoms with Gasteiger partial charge in [0, 0.05) is 5.69 Å². The van der Waals surface area contributed by atoms with Crippen molar-refractivity contribution < 1.29 is 0 Å². The first-order valence-electron chi connectivity index (χ1n) is 7.75. The monoisotopic (exact) mass is 289 g/mol. The number of hydrogen-bond acceptors (Lipinski definition) is 4. The molecule has 2 rings (SSSR count). The number of nitrogens with zero attached hydrogens (tertiary/aromatic N) is 3. The fraction of sp³-hybridized carbons (Fsp3) is 0.625. The molecule has 0 bridgehead atoms. The molecule has 5 heteroatoms. The number of aryl methyl sites for hydroxylation is 3. The molecule has 0 aliphatic rings. The normalized spacial score (nSPS) is 11.7. The minimum atomic E-state index is 0.554. The number of anilines is 1. The molecule has 0 saturated carbocycles. The molecule has 21 heavy (non-hydrogen) atoms. The molecule has 3 N–H and O–H groups in total. The summed E-state index contributed by atoms with van der Waals surface area (Å²) in [6, 6.07) is 0. The van der Waals surface area contributed by atoms with Gasteiger partial charge in [-0.2, -0.15) is 0 Å². The van der Waals surface area contributed by atoms with Crippen molar-refractivity contribution in [2.45, 2.75) is 46.0 Å². The highest BCUT2D eigenvalue weighted by Gasteiger charge is 2.13. The van der Waals surface area contributed by atoms with E-state index in [1.165, 1.54) is 43.5 Å². The Bertz CT molecular complexity index is 600. The van der Waals surface area contributed by atoms with Crippen LogP contribution in [0.25, 0.3) is 11.0 Å². The number of aromatic amines is 1. The molecule has 0 aromatic carbocycles. The fourth-order valence-corrected chi connectivity index (χ4v) is 2.77. The second kappa shape index (κ2) is 6.89. The van der Waals surface area contributed by atoms with Crippen LogP contribution in [0.15, 0.2) is 0 Å². The summed E-state index contributed by atoms with van der Waals surface area (Å²) in [6.07, 6.45) is 6.08. The van der Waals surface area contributed by atoms with Gasteiger partial charge in [-0.15, -0.1) is 0 Å². The van der Waals surface area contributed by atoms with Crippen LogP contribution in [0.3, 0.4) is 0 Å². The number of fused-ring (bicyclic) bond motifs is 1. The number of nitrogens with two attached hydrogens (primary N) is 1. The van der Waals surface area contributed by atoms with Crippen LogP contribution in [0.4, 0.5) is 5.82 Å². The van der Waals surface area contributed by atoms with Crippen LogP contribution >= 0.6 is 0 Å². The maximum absolute atomic E-state index is 5.97. The van der Waals surface area contributed by atoms with Crippen molar-refractivity contribution in [3.05, 3.63) is 17.1 Å². The molecule has 0 atom stereocenters. The summed E-state index contributed by atoms with van der Waals surface area (Å²) in [4.78, 5) is 14.4. The molecule has 116 valence electrons. The average Bonchev–Trinajstić information content (AvgIpc) is 2.70. The first-order valence-corrected chi connectivity index (χ1v) is 7.75. The highest BCUT2D eigenvalue weighted by molar-refractivity contribution is 5.88. The zero-order valence-electron chi connectivity index (χ0n) is 13.7. The van der Waals surface area contributed by atoms with E-state index in [2.05, 4.69) is 40.9 Å². The molecule has 0 amide bonds. The molecule has 0 spiro atoms. The molecule has 0 radical (unpaired) electrons. The number of nitrogens with one attached hydrogen (secondary N) is 1. The van der Waals surface area contributed by atoms with E-state index in [1.807, 2.05) is 6.92 Å². The Labute approximate surface area is 127 Å². The number of H-pyrrole nitrogens is 1. The zero-order valence-corrected chi connectivity index (χ0v) is 13.7. The number of aromatic nitrogens is 3. The van der Waals surface area contributed by atoms with E-state index in [9.17, 15) is 0 Å². The smallest absolute Gasteiger partial charge is 0.151 e. The Morgan fingerprint density at radius 1 is 1.05 bits per heavy atom. The quantitative estimate of drug-likeness (QED) is 0.769. The third kappa shape index (κ3) is 3.94. The molecular weight excluding hydrogens is 262 g/mol. The van der Waals surface area contributed by atoms with Gasteiger partial charge in [0.05, 0.1) is 5.52 Å². The SMILES string of the molecule is Cc1nc(N)c2[nH]c(C)c(CCCCCCN(C)C)c2n1. The summed E-state index contributed by atoms with van der Waals surface area (Å²) in [5.41, 5.74) is 10.3. The lowest BCUT2D eigenvalue weighted by Crippen LogP contribution is -2.12. The van der Waals surface area contributed by atoms with Gasteiger partial charge in [0.2, 0.25) is 0 Å². The maximum atomic E-state index is 5.97. The minimum absolute atomic E-state index is 0.554. The molecule has 0 fully saturated rings. The Morgan fingerprint density at radius 3 is 2.48 bits per heavy atom. The van der Waals surface area contributed by atoms with E-state index >= 15 is 0 Å². The second-order valence-corrected chi connectivity index (χ2v) is 6.08. The average molecular weight is 289 g/mol. The van der Waals surface area contributed by atoms with Crippen molar-refractivity contribution in [2.24, 2.45) is 0 Å². The lowest BCUT2D eigenvalue weighted by atomic mass is 10.1. The van der Waals surface area contributed by atoms with Crippen molar-refractivity contribution in [3.8, 4) is 0 Å². The second-order valence-electron chi connectivity index (χ2n) is 6.08. The summed E-state index contributed by atoms with van der Waals surface area (Å²) in [5.74, 6) is 1.30. The molecular formula is C16H27N5. The molecule has 2 heterocycles. The largest absolute Gasteiger partial charge is 0.382 e. The van der Waals surface area contributed by atoms with Gasteiger partial charge in [0.1, 0.15) is 11.3 Å². The lowest BCUT2D eigenvalue weighted by Gasteiger charge is -2.08. The van der Waals surface area contributed by atoms with E-state index < -0.39 is 0 Å². The van der Waals surface area contributed by atoms with E-state index in [4.69, 9.17) is 5.73 Å². The van der Waals surface area contributed by atoms with Crippen molar-refractivity contribution in [2.75, 3.05) is 26.4 Å². The molecule has 0 saturated heterocycles. The number of hydrogen-bond donors (Lipinski definition) is 2. The highest BCUT2D eigenvalue weighted by atomic mass is 15.0. The summed E-state index contributed by atoms with van der Waals surface area (Å²) in [6.45, 7) is 5.16. The van der Waals surface area contributed by atoms with Crippen LogP contribution in [0.2, 0.25) is 0 Å². The molecule has 2 aromatic rings. The van der Waals surface area contributed by atoms with Gasteiger partial charge in [0.15, 0.2) is 5.82 Å². The fourth-order valence-electron chi connectivity index (χ4n) is 2.77. The van der Waals surface area contributed by atoms with Crippen molar-refractivity contribution >= 4 is 16.9 Å². The van der Waals surface area contributed by atoms with E-state index in [-0.39, 0.29) is 0 Å². The van der Waals surface area contributed by atoms with Crippen LogP contribution in [0.5, 0.6) is 0 Å². The maximum Gasteiger partial charge on any atom is 0.151 e. The molecule has 0 aliphatic carbocycles. The third-order valence-electron chi connectivity index (χ3n) is 3.88. The van der Waals surface area contributed by atoms with Gasteiger partial charge in [-0.3, -0.25) is 0 Å². The molecule has 5 nitrogen and oxygen atoms in total. The first-order chi connectivity index (χ1) is 9.99. The zero-order chi connectivity index (χ0) is 15.4. The van der Waals surface area contributed by atoms with Gasteiger partial charge in [-0.25, -0.2) is 9.97 Å². The summed E-state index contributed by atoms with van der Waals surface area (Å²) >= 11 is 0. The van der Waals surface area contributed by atoms with E-state index in [0.717, 1.165) is 23.3 Å². The Hall–Kier alpha value is -1.62. The van der Waals surface area contributed by atoms with Crippen LogP contribution in [0.1, 0.15) is 42.8 Å². The lowest BCUT2D eigenvalue weighted by molar-refractivity contribution is 0.390. The predicted octanol–water partition coefficient (Wildman–Crippen LogP) is 2.82. The number of rotatable bonds is 7. The van der Waals surface area contributed by atoms with E-state index in [1.54, 1.807) is 0 Å². The van der Waals surface area contributed by atoms with Crippen molar-refractivity contribution in [3.63, 3.8) is 0 Å². The number of unbranched alkanes of at least 4 members (excludes halogenated alkanes) is 3. The van der Waals surface area contributed by atoms with Gasteiger partial charge in [-0.1, -0.05) is 12.8 Å². The molecule has 0 aliphatic heterocycles. The summed E-state index contributed by atoms with van der Waals surface area (Å²) < 4.78 is 0. The van der Waals surface area contributed by atoms with Gasteiger partial charge in [-0.05, 0) is 59.3 Å². The van der Waals surface area contributed by atoms with Crippen LogP contribution in [0, 0.1) is 13.8 Å². The van der Waals surface area contributed by atoms with Crippen LogP contribution < -0.4 is 5.73 Å². The topological polar surface area (TPSA) is 70.8 Å². The third-order valence-corrected chi connectivity index (χ3v) is 3.88. The van der Waals surface area contributed by atoms with Crippen molar-refractivity contribution in [1.29, 1.82) is 0 Å². The molecule has 0 unspecified atom stereocenters. The van der Waals surface area contributed by atoms with Crippen LogP contribution in [-0.4, -0.2) is 40.5 Å². The van der Waals surface area contributed by atoms with Gasteiger partial charge in [0.25, 0.3) is 0 Å². The Kier molecular flexibility index (Phi) is 5.17. The van der Waals surface area contributed by atoms with Crippen LogP contribution in [-0.2, 0) is 6.42 Å². The Balaban J connectivity index is 1.97. The summed E-state index contributed by atoms with van der Waals surface area (Å²) in [5, 5.41) is 0. The Morgan fingerprint density at radius 2 is 1.76 bits per heavy atom. The van der Waals surface area contributed by atoms with E-state index in [0.29, 0.717) is 5.82 Å². The summed E-state index contributed by atoms with van der Waals surface area (Å²) in [7, 11) is 4.25.